The molecule has 0 spiro atoms. The van der Waals surface area contributed by atoms with Crippen molar-refractivity contribution in [1.29, 1.82) is 0 Å². The molecular weight excluding hydrogens is 253 g/mol. The van der Waals surface area contributed by atoms with E-state index in [1.165, 1.54) is 12.1 Å². The summed E-state index contributed by atoms with van der Waals surface area (Å²) in [4.78, 5) is 21.0. The molecule has 0 aromatic heterocycles. The molecule has 2 N–H and O–H groups in total. The van der Waals surface area contributed by atoms with Gasteiger partial charge in [-0.3, -0.25) is 14.9 Å². The molecule has 1 aromatic carbocycles. The van der Waals surface area contributed by atoms with Crippen LogP contribution in [0.5, 0.6) is 0 Å². The maximum Gasteiger partial charge on any atom is 0.272 e. The van der Waals surface area contributed by atoms with Crippen LogP contribution in [-0.4, -0.2) is 23.4 Å². The molecule has 1 fully saturated rings. The van der Waals surface area contributed by atoms with Gasteiger partial charge in [-0.15, -0.1) is 0 Å². The Labute approximate surface area is 109 Å². The smallest absolute Gasteiger partial charge is 0.272 e. The van der Waals surface area contributed by atoms with Crippen LogP contribution < -0.4 is 10.6 Å². The molecule has 7 heteroatoms. The van der Waals surface area contributed by atoms with Crippen molar-refractivity contribution in [3.05, 3.63) is 39.7 Å². The number of amides is 1. The normalized spacial score (nSPS) is 18.4. The molecule has 1 amide bonds. The fourth-order valence-corrected chi connectivity index (χ4v) is 2.06. The SMILES string of the molecule is O=C1CCC(CNCc2cc(F)cc([N+](=O)[O-])c2)N1. The van der Waals surface area contributed by atoms with Crippen LogP contribution >= 0.6 is 0 Å². The molecule has 1 aromatic rings. The predicted molar refractivity (Wildman–Crippen MR) is 65.9 cm³/mol. The van der Waals surface area contributed by atoms with Crippen LogP contribution in [-0.2, 0) is 11.3 Å². The van der Waals surface area contributed by atoms with Gasteiger partial charge in [-0.1, -0.05) is 0 Å². The van der Waals surface area contributed by atoms with Gasteiger partial charge in [-0.2, -0.15) is 0 Å². The summed E-state index contributed by atoms with van der Waals surface area (Å²) in [6.07, 6.45) is 1.30. The molecule has 6 nitrogen and oxygen atoms in total. The Balaban J connectivity index is 1.88. The number of hydrogen-bond acceptors (Lipinski definition) is 4. The zero-order chi connectivity index (χ0) is 13.8. The number of carbonyl (C=O) groups excluding carboxylic acids is 1. The molecule has 0 saturated carbocycles. The minimum Gasteiger partial charge on any atom is -0.352 e. The fourth-order valence-electron chi connectivity index (χ4n) is 2.06. The lowest BCUT2D eigenvalue weighted by molar-refractivity contribution is -0.385. The van der Waals surface area contributed by atoms with Gasteiger partial charge >= 0.3 is 0 Å². The van der Waals surface area contributed by atoms with Gasteiger partial charge in [-0.25, -0.2) is 4.39 Å². The van der Waals surface area contributed by atoms with Gasteiger partial charge < -0.3 is 10.6 Å². The number of non-ortho nitro benzene ring substituents is 1. The summed E-state index contributed by atoms with van der Waals surface area (Å²) in [6.45, 7) is 0.890. The van der Waals surface area contributed by atoms with Crippen molar-refractivity contribution in [2.45, 2.75) is 25.4 Å². The Morgan fingerprint density at radius 1 is 1.47 bits per heavy atom. The molecule has 1 unspecified atom stereocenters. The van der Waals surface area contributed by atoms with Crippen molar-refractivity contribution in [3.8, 4) is 0 Å². The molecule has 19 heavy (non-hydrogen) atoms. The first kappa shape index (κ1) is 13.4. The number of halogens is 1. The minimum absolute atomic E-state index is 0.0354. The number of carbonyl (C=O) groups is 1. The zero-order valence-electron chi connectivity index (χ0n) is 10.2. The standard InChI is InChI=1S/C12H14FN3O3/c13-9-3-8(4-11(5-9)16(18)19)6-14-7-10-1-2-12(17)15-10/h3-5,10,14H,1-2,6-7H2,(H,15,17). The number of rotatable bonds is 5. The van der Waals surface area contributed by atoms with Crippen molar-refractivity contribution in [2.24, 2.45) is 0 Å². The van der Waals surface area contributed by atoms with Crippen molar-refractivity contribution in [3.63, 3.8) is 0 Å². The molecular formula is C12H14FN3O3. The molecule has 0 aliphatic carbocycles. The highest BCUT2D eigenvalue weighted by molar-refractivity contribution is 5.78. The van der Waals surface area contributed by atoms with E-state index in [0.717, 1.165) is 12.5 Å². The van der Waals surface area contributed by atoms with E-state index in [2.05, 4.69) is 10.6 Å². The predicted octanol–water partition coefficient (Wildman–Crippen LogP) is 1.10. The van der Waals surface area contributed by atoms with Crippen molar-refractivity contribution < 1.29 is 14.1 Å². The van der Waals surface area contributed by atoms with E-state index < -0.39 is 10.7 Å². The summed E-state index contributed by atoms with van der Waals surface area (Å²) in [6, 6.07) is 3.56. The lowest BCUT2D eigenvalue weighted by Gasteiger charge is -2.11. The molecule has 1 atom stereocenters. The van der Waals surface area contributed by atoms with Crippen LogP contribution in [0.1, 0.15) is 18.4 Å². The van der Waals surface area contributed by atoms with Gasteiger partial charge in [0, 0.05) is 31.6 Å². The minimum atomic E-state index is -0.625. The second-order valence-electron chi connectivity index (χ2n) is 4.51. The number of nitrogens with one attached hydrogen (secondary N) is 2. The lowest BCUT2D eigenvalue weighted by atomic mass is 10.2. The van der Waals surface area contributed by atoms with Crippen LogP contribution in [0.15, 0.2) is 18.2 Å². The molecule has 2 rings (SSSR count). The average Bonchev–Trinajstić information content (AvgIpc) is 2.74. The summed E-state index contributed by atoms with van der Waals surface area (Å²) < 4.78 is 13.2. The van der Waals surface area contributed by atoms with Gasteiger partial charge in [0.25, 0.3) is 5.69 Å². The lowest BCUT2D eigenvalue weighted by Crippen LogP contribution is -2.35. The maximum absolute atomic E-state index is 13.2. The van der Waals surface area contributed by atoms with E-state index in [9.17, 15) is 19.3 Å². The third kappa shape index (κ3) is 3.72. The van der Waals surface area contributed by atoms with Crippen LogP contribution in [0.2, 0.25) is 0 Å². The van der Waals surface area contributed by atoms with Gasteiger partial charge in [0.1, 0.15) is 5.82 Å². The molecule has 1 heterocycles. The number of benzene rings is 1. The number of hydrogen-bond donors (Lipinski definition) is 2. The van der Waals surface area contributed by atoms with Crippen molar-refractivity contribution >= 4 is 11.6 Å². The van der Waals surface area contributed by atoms with E-state index in [0.29, 0.717) is 25.1 Å². The van der Waals surface area contributed by atoms with Crippen molar-refractivity contribution in [2.75, 3.05) is 6.54 Å². The van der Waals surface area contributed by atoms with Crippen LogP contribution in [0, 0.1) is 15.9 Å². The Kier molecular flexibility index (Phi) is 4.06. The Bertz CT molecular complexity index is 507. The van der Waals surface area contributed by atoms with Gasteiger partial charge in [-0.05, 0) is 18.1 Å². The van der Waals surface area contributed by atoms with Gasteiger partial charge in [0.2, 0.25) is 5.91 Å². The third-order valence-electron chi connectivity index (χ3n) is 2.96. The van der Waals surface area contributed by atoms with Crippen LogP contribution in [0.4, 0.5) is 10.1 Å². The monoisotopic (exact) mass is 267 g/mol. The van der Waals surface area contributed by atoms with Crippen molar-refractivity contribution in [1.82, 2.24) is 10.6 Å². The van der Waals surface area contributed by atoms with E-state index in [1.807, 2.05) is 0 Å². The molecule has 1 aliphatic heterocycles. The first-order valence-electron chi connectivity index (χ1n) is 5.98. The first-order valence-corrected chi connectivity index (χ1v) is 5.98. The number of nitro groups is 1. The molecule has 1 saturated heterocycles. The van der Waals surface area contributed by atoms with E-state index in [1.54, 1.807) is 0 Å². The maximum atomic E-state index is 13.2. The molecule has 0 bridgehead atoms. The van der Waals surface area contributed by atoms with E-state index in [-0.39, 0.29) is 17.6 Å². The zero-order valence-corrected chi connectivity index (χ0v) is 10.2. The van der Waals surface area contributed by atoms with Gasteiger partial charge in [0.15, 0.2) is 0 Å². The Morgan fingerprint density at radius 3 is 2.89 bits per heavy atom. The third-order valence-corrected chi connectivity index (χ3v) is 2.96. The quantitative estimate of drug-likeness (QED) is 0.618. The Morgan fingerprint density at radius 2 is 2.26 bits per heavy atom. The average molecular weight is 267 g/mol. The first-order chi connectivity index (χ1) is 9.04. The highest BCUT2D eigenvalue weighted by Crippen LogP contribution is 2.16. The second kappa shape index (κ2) is 5.75. The molecule has 102 valence electrons. The van der Waals surface area contributed by atoms with Crippen LogP contribution in [0.25, 0.3) is 0 Å². The fraction of sp³-hybridized carbons (Fsp3) is 0.417. The second-order valence-corrected chi connectivity index (χ2v) is 4.51. The highest BCUT2D eigenvalue weighted by atomic mass is 19.1. The largest absolute Gasteiger partial charge is 0.352 e. The summed E-state index contributed by atoms with van der Waals surface area (Å²) in [5.41, 5.74) is 0.252. The molecule has 1 aliphatic rings. The summed E-state index contributed by atoms with van der Waals surface area (Å²) >= 11 is 0. The summed E-state index contributed by atoms with van der Waals surface area (Å²) in [5.74, 6) is -0.589. The number of nitrogens with zero attached hydrogens (tertiary/aromatic N) is 1. The topological polar surface area (TPSA) is 84.3 Å². The molecule has 0 radical (unpaired) electrons. The number of nitro benzene ring substituents is 1. The summed E-state index contributed by atoms with van der Waals surface area (Å²) in [7, 11) is 0. The highest BCUT2D eigenvalue weighted by Gasteiger charge is 2.19. The Hall–Kier alpha value is -2.02. The van der Waals surface area contributed by atoms with Crippen LogP contribution in [0.3, 0.4) is 0 Å². The van der Waals surface area contributed by atoms with E-state index in [4.69, 9.17) is 0 Å². The summed E-state index contributed by atoms with van der Waals surface area (Å²) in [5, 5.41) is 16.4. The van der Waals surface area contributed by atoms with E-state index >= 15 is 0 Å². The van der Waals surface area contributed by atoms with Gasteiger partial charge in [0.05, 0.1) is 11.0 Å².